The Balaban J connectivity index is 1.67. The normalized spacial score (nSPS) is 23.9. The van der Waals surface area contributed by atoms with Crippen molar-refractivity contribution in [1.29, 1.82) is 0 Å². The average Bonchev–Trinajstić information content (AvgIpc) is 2.52. The number of fused-ring (bicyclic) bond motifs is 1. The molecule has 1 unspecified atom stereocenters. The number of nitrogens with zero attached hydrogens (tertiary/aromatic N) is 3. The van der Waals surface area contributed by atoms with Crippen LogP contribution in [0.15, 0.2) is 18.5 Å². The zero-order valence-corrected chi connectivity index (χ0v) is 15.0. The molecule has 0 saturated carbocycles. The summed E-state index contributed by atoms with van der Waals surface area (Å²) >= 11 is 0. The molecule has 1 aromatic rings. The summed E-state index contributed by atoms with van der Waals surface area (Å²) in [6.07, 6.45) is 3.82. The van der Waals surface area contributed by atoms with E-state index in [2.05, 4.69) is 4.98 Å². The van der Waals surface area contributed by atoms with Crippen LogP contribution in [0.3, 0.4) is 0 Å². The molecule has 1 aromatic heterocycles. The van der Waals surface area contributed by atoms with E-state index in [1.54, 1.807) is 33.2 Å². The maximum Gasteiger partial charge on any atom is 0.410 e. The third kappa shape index (κ3) is 4.08. The van der Waals surface area contributed by atoms with Crippen molar-refractivity contribution in [3.8, 4) is 0 Å². The third-order valence-electron chi connectivity index (χ3n) is 4.70. The van der Waals surface area contributed by atoms with Crippen molar-refractivity contribution in [2.24, 2.45) is 0 Å². The van der Waals surface area contributed by atoms with Gasteiger partial charge in [-0.2, -0.15) is 0 Å². The van der Waals surface area contributed by atoms with Gasteiger partial charge in [-0.25, -0.2) is 13.6 Å². The van der Waals surface area contributed by atoms with Gasteiger partial charge in [0.25, 0.3) is 5.92 Å². The Morgan fingerprint density at radius 1 is 1.32 bits per heavy atom. The largest absolute Gasteiger partial charge is 0.444 e. The molecule has 3 rings (SSSR count). The van der Waals surface area contributed by atoms with Crippen molar-refractivity contribution < 1.29 is 18.3 Å². The molecule has 7 heteroatoms. The SMILES string of the molecule is CC(C)(C)OC(=O)N1CCC(N2CCc3ccncc3C2)C(F)(F)C1. The molecule has 0 bridgehead atoms. The average molecular weight is 353 g/mol. The van der Waals surface area contributed by atoms with Gasteiger partial charge >= 0.3 is 6.09 Å². The number of carbonyl (C=O) groups is 1. The van der Waals surface area contributed by atoms with Gasteiger partial charge in [0.2, 0.25) is 0 Å². The Morgan fingerprint density at radius 2 is 2.08 bits per heavy atom. The molecule has 1 atom stereocenters. The number of aromatic nitrogens is 1. The van der Waals surface area contributed by atoms with Crippen LogP contribution < -0.4 is 0 Å². The molecule has 1 saturated heterocycles. The predicted molar refractivity (Wildman–Crippen MR) is 89.5 cm³/mol. The van der Waals surface area contributed by atoms with Crippen LogP contribution in [0.4, 0.5) is 13.6 Å². The van der Waals surface area contributed by atoms with Gasteiger partial charge in [-0.1, -0.05) is 0 Å². The van der Waals surface area contributed by atoms with Crippen LogP contribution in [0.5, 0.6) is 0 Å². The summed E-state index contributed by atoms with van der Waals surface area (Å²) in [6.45, 7) is 5.97. The lowest BCUT2D eigenvalue weighted by Crippen LogP contribution is -2.60. The van der Waals surface area contributed by atoms with Crippen molar-refractivity contribution in [2.45, 2.75) is 57.7 Å². The number of amides is 1. The second kappa shape index (κ2) is 6.52. The van der Waals surface area contributed by atoms with Crippen LogP contribution in [-0.2, 0) is 17.7 Å². The fraction of sp³-hybridized carbons (Fsp3) is 0.667. The number of rotatable bonds is 1. The van der Waals surface area contributed by atoms with E-state index in [9.17, 15) is 13.6 Å². The summed E-state index contributed by atoms with van der Waals surface area (Å²) in [6, 6.07) is 1.09. The molecule has 2 aliphatic heterocycles. The molecular weight excluding hydrogens is 328 g/mol. The van der Waals surface area contributed by atoms with Gasteiger partial charge in [0.05, 0.1) is 12.6 Å². The number of halogens is 2. The van der Waals surface area contributed by atoms with Crippen LogP contribution in [0.2, 0.25) is 0 Å². The number of alkyl halides is 2. The predicted octanol–water partition coefficient (Wildman–Crippen LogP) is 3.08. The highest BCUT2D eigenvalue weighted by molar-refractivity contribution is 5.68. The minimum atomic E-state index is -2.96. The smallest absolute Gasteiger partial charge is 0.410 e. The lowest BCUT2D eigenvalue weighted by atomic mass is 9.94. The molecule has 0 radical (unpaired) electrons. The second-order valence-corrected chi connectivity index (χ2v) is 7.83. The van der Waals surface area contributed by atoms with Gasteiger partial charge in [0.15, 0.2) is 0 Å². The fourth-order valence-corrected chi connectivity index (χ4v) is 3.53. The topological polar surface area (TPSA) is 45.7 Å². The maximum atomic E-state index is 14.8. The highest BCUT2D eigenvalue weighted by atomic mass is 19.3. The zero-order valence-electron chi connectivity index (χ0n) is 15.0. The van der Waals surface area contributed by atoms with E-state index in [4.69, 9.17) is 4.74 Å². The minimum Gasteiger partial charge on any atom is -0.444 e. The standard InChI is InChI=1S/C18H25F2N3O2/c1-17(2,3)25-16(24)23-9-6-15(18(19,20)12-23)22-8-5-13-4-7-21-10-14(13)11-22/h4,7,10,15H,5-6,8-9,11-12H2,1-3H3. The van der Waals surface area contributed by atoms with E-state index >= 15 is 0 Å². The van der Waals surface area contributed by atoms with Crippen LogP contribution in [0, 0.1) is 0 Å². The second-order valence-electron chi connectivity index (χ2n) is 7.83. The van der Waals surface area contributed by atoms with Crippen LogP contribution in [-0.4, -0.2) is 58.1 Å². The summed E-state index contributed by atoms with van der Waals surface area (Å²) in [7, 11) is 0. The highest BCUT2D eigenvalue weighted by Crippen LogP contribution is 2.34. The Kier molecular flexibility index (Phi) is 4.70. The summed E-state index contributed by atoms with van der Waals surface area (Å²) in [5.41, 5.74) is 1.51. The van der Waals surface area contributed by atoms with Crippen LogP contribution >= 0.6 is 0 Å². The molecule has 0 spiro atoms. The number of ether oxygens (including phenoxy) is 1. The number of pyridine rings is 1. The molecule has 0 N–H and O–H groups in total. The van der Waals surface area contributed by atoms with E-state index in [-0.39, 0.29) is 13.0 Å². The van der Waals surface area contributed by atoms with Gasteiger partial charge in [0, 0.05) is 32.0 Å². The first-order valence-corrected chi connectivity index (χ1v) is 8.67. The van der Waals surface area contributed by atoms with E-state index in [0.717, 1.165) is 16.9 Å². The lowest BCUT2D eigenvalue weighted by Gasteiger charge is -2.44. The van der Waals surface area contributed by atoms with Crippen molar-refractivity contribution in [3.63, 3.8) is 0 Å². The molecule has 138 valence electrons. The van der Waals surface area contributed by atoms with Crippen LogP contribution in [0.1, 0.15) is 38.3 Å². The zero-order chi connectivity index (χ0) is 18.2. The van der Waals surface area contributed by atoms with Gasteiger partial charge in [-0.05, 0) is 50.8 Å². The quantitative estimate of drug-likeness (QED) is 0.778. The number of hydrogen-bond acceptors (Lipinski definition) is 4. The number of hydrogen-bond donors (Lipinski definition) is 0. The number of piperidine rings is 1. The van der Waals surface area contributed by atoms with Crippen molar-refractivity contribution in [2.75, 3.05) is 19.6 Å². The monoisotopic (exact) mass is 353 g/mol. The molecule has 0 aromatic carbocycles. The van der Waals surface area contributed by atoms with E-state index < -0.39 is 30.2 Å². The lowest BCUT2D eigenvalue weighted by molar-refractivity contribution is -0.128. The summed E-state index contributed by atoms with van der Waals surface area (Å²) in [5.74, 6) is -2.96. The van der Waals surface area contributed by atoms with Gasteiger partial charge in [0.1, 0.15) is 5.60 Å². The molecule has 3 heterocycles. The Morgan fingerprint density at radius 3 is 2.76 bits per heavy atom. The molecule has 5 nitrogen and oxygen atoms in total. The van der Waals surface area contributed by atoms with Gasteiger partial charge in [-0.15, -0.1) is 0 Å². The van der Waals surface area contributed by atoms with Crippen molar-refractivity contribution in [3.05, 3.63) is 29.6 Å². The molecular formula is C18H25F2N3O2. The molecule has 0 aliphatic carbocycles. The summed E-state index contributed by atoms with van der Waals surface area (Å²) in [4.78, 5) is 19.2. The Labute approximate surface area is 147 Å². The fourth-order valence-electron chi connectivity index (χ4n) is 3.53. The Bertz CT molecular complexity index is 645. The van der Waals surface area contributed by atoms with E-state index in [0.29, 0.717) is 13.1 Å². The van der Waals surface area contributed by atoms with Gasteiger partial charge in [-0.3, -0.25) is 9.88 Å². The first-order chi connectivity index (χ1) is 11.7. The molecule has 25 heavy (non-hydrogen) atoms. The van der Waals surface area contributed by atoms with E-state index in [1.807, 2.05) is 11.0 Å². The molecule has 1 amide bonds. The van der Waals surface area contributed by atoms with Crippen molar-refractivity contribution in [1.82, 2.24) is 14.8 Å². The molecule has 2 aliphatic rings. The number of likely N-dealkylation sites (tertiary alicyclic amines) is 1. The Hall–Kier alpha value is -1.76. The van der Waals surface area contributed by atoms with Crippen molar-refractivity contribution >= 4 is 6.09 Å². The number of carbonyl (C=O) groups excluding carboxylic acids is 1. The minimum absolute atomic E-state index is 0.238. The van der Waals surface area contributed by atoms with E-state index in [1.165, 1.54) is 5.56 Å². The van der Waals surface area contributed by atoms with Crippen LogP contribution in [0.25, 0.3) is 0 Å². The van der Waals surface area contributed by atoms with Gasteiger partial charge < -0.3 is 9.64 Å². The summed E-state index contributed by atoms with van der Waals surface area (Å²) < 4.78 is 34.8. The third-order valence-corrected chi connectivity index (χ3v) is 4.70. The summed E-state index contributed by atoms with van der Waals surface area (Å²) in [5, 5.41) is 0. The molecule has 1 fully saturated rings. The maximum absolute atomic E-state index is 14.8. The first kappa shape index (κ1) is 18.0. The first-order valence-electron chi connectivity index (χ1n) is 8.67. The highest BCUT2D eigenvalue weighted by Gasteiger charge is 2.49.